The first-order chi connectivity index (χ1) is 21.2. The van der Waals surface area contributed by atoms with Crippen LogP contribution in [0.5, 0.6) is 5.75 Å². The molecule has 0 spiro atoms. The van der Waals surface area contributed by atoms with Crippen LogP contribution in [0, 0.1) is 0 Å². The highest BCUT2D eigenvalue weighted by Crippen LogP contribution is 2.42. The molecule has 0 saturated carbocycles. The molecule has 10 nitrogen and oxygen atoms in total. The first-order valence-corrected chi connectivity index (χ1v) is 16.1. The van der Waals surface area contributed by atoms with Crippen molar-refractivity contribution < 1.29 is 28.6 Å². The second kappa shape index (κ2) is 14.4. The summed E-state index contributed by atoms with van der Waals surface area (Å²) in [5, 5.41) is 6.19. The Morgan fingerprint density at radius 3 is 2.57 bits per heavy atom. The van der Waals surface area contributed by atoms with Gasteiger partial charge in [-0.15, -0.1) is 11.3 Å². The lowest BCUT2D eigenvalue weighted by molar-refractivity contribution is -0.143. The van der Waals surface area contributed by atoms with Gasteiger partial charge in [-0.25, -0.2) is 0 Å². The molecule has 0 aliphatic carbocycles. The maximum atomic E-state index is 13.0. The number of carbonyl (C=O) groups is 3. The van der Waals surface area contributed by atoms with Gasteiger partial charge in [-0.2, -0.15) is 0 Å². The number of anilines is 2. The van der Waals surface area contributed by atoms with Crippen LogP contribution in [0.1, 0.15) is 38.7 Å². The number of unbranched alkanes of at least 4 members (excludes halogenated alkanes) is 1. The van der Waals surface area contributed by atoms with Gasteiger partial charge in [-0.1, -0.05) is 26.0 Å². The van der Waals surface area contributed by atoms with E-state index in [9.17, 15) is 14.4 Å². The van der Waals surface area contributed by atoms with Crippen LogP contribution in [0.25, 0.3) is 10.1 Å². The van der Waals surface area contributed by atoms with Crippen LogP contribution >= 0.6 is 11.3 Å². The van der Waals surface area contributed by atoms with Gasteiger partial charge < -0.3 is 19.1 Å². The summed E-state index contributed by atoms with van der Waals surface area (Å²) in [5.41, 5.74) is 2.68. The van der Waals surface area contributed by atoms with E-state index >= 15 is 0 Å². The number of benzene rings is 2. The number of esters is 2. The number of piperazine rings is 1. The van der Waals surface area contributed by atoms with E-state index in [-0.39, 0.29) is 31.1 Å². The number of rotatable bonds is 13. The van der Waals surface area contributed by atoms with Gasteiger partial charge in [-0.3, -0.25) is 29.5 Å². The average molecular weight is 623 g/mol. The molecule has 3 heterocycles. The minimum absolute atomic E-state index is 0.102. The number of nitrogens with one attached hydrogen (secondary N) is 1. The Morgan fingerprint density at radius 2 is 1.77 bits per heavy atom. The third-order valence-electron chi connectivity index (χ3n) is 8.33. The number of ether oxygens (including phenoxy) is 3. The molecular weight excluding hydrogens is 580 g/mol. The maximum Gasteiger partial charge on any atom is 0.321 e. The third-order valence-corrected chi connectivity index (χ3v) is 9.21. The van der Waals surface area contributed by atoms with Crippen LogP contribution in [0.15, 0.2) is 47.8 Å². The number of carbonyl (C=O) groups excluding carboxylic acids is 3. The van der Waals surface area contributed by atoms with Crippen LogP contribution in [-0.4, -0.2) is 89.0 Å². The number of nitrogens with zero attached hydrogens (tertiary/aromatic N) is 3. The van der Waals surface area contributed by atoms with Gasteiger partial charge in [0.25, 0.3) is 0 Å². The molecule has 0 radical (unpaired) electrons. The molecular formula is C33H42N4O6S. The summed E-state index contributed by atoms with van der Waals surface area (Å²) in [4.78, 5) is 43.0. The van der Waals surface area contributed by atoms with E-state index in [1.807, 2.05) is 32.0 Å². The summed E-state index contributed by atoms with van der Waals surface area (Å²) < 4.78 is 17.4. The van der Waals surface area contributed by atoms with Crippen molar-refractivity contribution in [3.8, 4) is 5.75 Å². The highest BCUT2D eigenvalue weighted by atomic mass is 32.1. The van der Waals surface area contributed by atoms with Crippen molar-refractivity contribution in [1.29, 1.82) is 0 Å². The second-order valence-electron chi connectivity index (χ2n) is 11.9. The Balaban J connectivity index is 1.08. The summed E-state index contributed by atoms with van der Waals surface area (Å²) in [6, 6.07) is 14.6. The largest absolute Gasteiger partial charge is 0.494 e. The first kappa shape index (κ1) is 31.7. The molecule has 3 aromatic rings. The molecule has 5 rings (SSSR count). The molecule has 44 heavy (non-hydrogen) atoms. The fourth-order valence-corrected chi connectivity index (χ4v) is 6.67. The van der Waals surface area contributed by atoms with Crippen molar-refractivity contribution in [3.63, 3.8) is 0 Å². The molecule has 236 valence electrons. The average Bonchev–Trinajstić information content (AvgIpc) is 3.50. The summed E-state index contributed by atoms with van der Waals surface area (Å²) in [6.45, 7) is 9.39. The number of hydrogen-bond donors (Lipinski definition) is 1. The molecule has 0 unspecified atom stereocenters. The summed E-state index contributed by atoms with van der Waals surface area (Å²) in [7, 11) is 1.28. The van der Waals surface area contributed by atoms with E-state index in [1.54, 1.807) is 11.3 Å². The molecule has 1 N–H and O–H groups in total. The molecule has 1 aromatic heterocycles. The Hall–Kier alpha value is -3.67. The van der Waals surface area contributed by atoms with Crippen molar-refractivity contribution in [2.45, 2.75) is 38.5 Å². The Bertz CT molecular complexity index is 1470. The number of fused-ring (bicyclic) bond motifs is 2. The van der Waals surface area contributed by atoms with Crippen LogP contribution in [0.3, 0.4) is 0 Å². The highest BCUT2D eigenvalue weighted by Gasteiger charge is 2.37. The topological polar surface area (TPSA) is 101 Å². The normalized spacial score (nSPS) is 16.6. The molecule has 11 heteroatoms. The maximum absolute atomic E-state index is 13.0. The lowest BCUT2D eigenvalue weighted by Gasteiger charge is -2.38. The minimum atomic E-state index is -0.568. The van der Waals surface area contributed by atoms with Gasteiger partial charge in [0, 0.05) is 59.9 Å². The zero-order valence-corrected chi connectivity index (χ0v) is 26.6. The SMILES string of the molecule is COC(=O)CNCC(=O)OCN1C(=O)CC(C)(C)c2ccc(OCCCCN3CCN(c4cccc5sccc45)CC3)cc21. The number of thiophene rings is 1. The van der Waals surface area contributed by atoms with E-state index in [1.165, 1.54) is 27.8 Å². The lowest BCUT2D eigenvalue weighted by Crippen LogP contribution is -2.46. The predicted molar refractivity (Wildman–Crippen MR) is 173 cm³/mol. The van der Waals surface area contributed by atoms with Crippen LogP contribution in [0.2, 0.25) is 0 Å². The molecule has 1 saturated heterocycles. The van der Waals surface area contributed by atoms with Crippen LogP contribution < -0.4 is 19.9 Å². The van der Waals surface area contributed by atoms with Crippen molar-refractivity contribution in [2.75, 3.05) is 76.1 Å². The van der Waals surface area contributed by atoms with Gasteiger partial charge in [0.15, 0.2) is 6.73 Å². The van der Waals surface area contributed by atoms with Crippen molar-refractivity contribution >= 4 is 50.6 Å². The monoisotopic (exact) mass is 622 g/mol. The third kappa shape index (κ3) is 7.69. The Morgan fingerprint density at radius 1 is 0.977 bits per heavy atom. The second-order valence-corrected chi connectivity index (χ2v) is 12.8. The number of amides is 1. The fraction of sp³-hybridized carbons (Fsp3) is 0.485. The first-order valence-electron chi connectivity index (χ1n) is 15.2. The minimum Gasteiger partial charge on any atom is -0.494 e. The van der Waals surface area contributed by atoms with E-state index in [4.69, 9.17) is 9.47 Å². The van der Waals surface area contributed by atoms with Gasteiger partial charge in [0.1, 0.15) is 5.75 Å². The lowest BCUT2D eigenvalue weighted by atomic mass is 9.77. The molecule has 1 fully saturated rings. The van der Waals surface area contributed by atoms with E-state index in [0.717, 1.165) is 51.1 Å². The molecule has 2 aliphatic rings. The van der Waals surface area contributed by atoms with E-state index < -0.39 is 11.9 Å². The highest BCUT2D eigenvalue weighted by molar-refractivity contribution is 7.17. The van der Waals surface area contributed by atoms with Crippen molar-refractivity contribution in [1.82, 2.24) is 10.2 Å². The summed E-state index contributed by atoms with van der Waals surface area (Å²) in [6.07, 6.45) is 2.27. The smallest absolute Gasteiger partial charge is 0.321 e. The Labute approximate surface area is 262 Å². The molecule has 0 atom stereocenters. The van der Waals surface area contributed by atoms with E-state index in [0.29, 0.717) is 24.5 Å². The van der Waals surface area contributed by atoms with Gasteiger partial charge in [0.2, 0.25) is 5.91 Å². The van der Waals surface area contributed by atoms with Gasteiger partial charge >= 0.3 is 11.9 Å². The zero-order valence-electron chi connectivity index (χ0n) is 25.8. The standard InChI is InChI=1S/C33H42N4O6S/c1-33(2)20-30(38)37(23-43-32(40)22-34-21-31(39)41-3)28-19-24(9-10-26(28)33)42-17-5-4-12-35-13-15-36(16-14-35)27-7-6-8-29-25(27)11-18-44-29/h6-11,18-19,34H,4-5,12-17,20-23H2,1-3H3. The van der Waals surface area contributed by atoms with Crippen molar-refractivity contribution in [3.05, 3.63) is 53.4 Å². The molecule has 2 aromatic carbocycles. The molecule has 2 aliphatic heterocycles. The summed E-state index contributed by atoms with van der Waals surface area (Å²) in [5.74, 6) is -0.487. The summed E-state index contributed by atoms with van der Waals surface area (Å²) >= 11 is 1.80. The van der Waals surface area contributed by atoms with Gasteiger partial charge in [0.05, 0.1) is 32.5 Å². The van der Waals surface area contributed by atoms with Gasteiger partial charge in [-0.05, 0) is 54.6 Å². The van der Waals surface area contributed by atoms with Crippen LogP contribution in [-0.2, 0) is 29.3 Å². The quantitative estimate of drug-likeness (QED) is 0.223. The van der Waals surface area contributed by atoms with E-state index in [2.05, 4.69) is 49.5 Å². The fourth-order valence-electron chi connectivity index (χ4n) is 5.86. The molecule has 0 bridgehead atoms. The van der Waals surface area contributed by atoms with Crippen LogP contribution in [0.4, 0.5) is 11.4 Å². The predicted octanol–water partition coefficient (Wildman–Crippen LogP) is 4.16. The molecule has 1 amide bonds. The Kier molecular flexibility index (Phi) is 10.4. The number of hydrogen-bond acceptors (Lipinski definition) is 10. The number of methoxy groups -OCH3 is 1. The zero-order chi connectivity index (χ0) is 31.1. The van der Waals surface area contributed by atoms with Crippen molar-refractivity contribution in [2.24, 2.45) is 0 Å².